The van der Waals surface area contributed by atoms with Crippen LogP contribution in [0.4, 0.5) is 0 Å². The fourth-order valence-electron chi connectivity index (χ4n) is 4.76. The Hall–Kier alpha value is -2.50. The highest BCUT2D eigenvalue weighted by atomic mass is 16.1. The van der Waals surface area contributed by atoms with Crippen molar-refractivity contribution < 1.29 is 18.6 Å². The van der Waals surface area contributed by atoms with E-state index in [4.69, 9.17) is 0 Å². The summed E-state index contributed by atoms with van der Waals surface area (Å²) < 4.78 is 1.89. The van der Waals surface area contributed by atoms with Crippen molar-refractivity contribution in [1.29, 1.82) is 0 Å². The number of quaternary nitrogens is 2. The molecule has 0 saturated carbocycles. The first-order chi connectivity index (χ1) is 17.0. The van der Waals surface area contributed by atoms with Crippen LogP contribution in [0.25, 0.3) is 0 Å². The fraction of sp³-hybridized carbons (Fsp3) is 0.548. The molecule has 5 heteroatoms. The van der Waals surface area contributed by atoms with Crippen LogP contribution in [0.1, 0.15) is 77.8 Å². The van der Waals surface area contributed by atoms with Crippen LogP contribution in [0.5, 0.6) is 0 Å². The molecule has 0 aliphatic carbocycles. The summed E-state index contributed by atoms with van der Waals surface area (Å²) in [7, 11) is 8.97. The lowest BCUT2D eigenvalue weighted by Gasteiger charge is -2.30. The van der Waals surface area contributed by atoms with Crippen molar-refractivity contribution >= 4 is 11.7 Å². The summed E-state index contributed by atoms with van der Waals surface area (Å²) >= 11 is 0. The summed E-state index contributed by atoms with van der Waals surface area (Å²) in [6.07, 6.45) is 5.68. The van der Waals surface area contributed by atoms with Gasteiger partial charge in [-0.05, 0) is 43.4 Å². The van der Waals surface area contributed by atoms with E-state index in [-0.39, 0.29) is 11.7 Å². The average Bonchev–Trinajstić information content (AvgIpc) is 2.84. The molecule has 0 saturated heterocycles. The number of benzene rings is 2. The van der Waals surface area contributed by atoms with Crippen LogP contribution in [0, 0.1) is 0 Å². The number of carbonyl (C=O) groups excluding carboxylic acids is 2. The van der Waals surface area contributed by atoms with Crippen molar-refractivity contribution in [2.45, 2.75) is 58.9 Å². The summed E-state index contributed by atoms with van der Waals surface area (Å²) in [6, 6.07) is 16.0. The molecule has 0 spiro atoms. The topological polar surface area (TPSA) is 46.2 Å². The maximum atomic E-state index is 12.6. The second kappa shape index (κ2) is 14.3. The van der Waals surface area contributed by atoms with Gasteiger partial charge in [-0.15, -0.1) is 0 Å². The van der Waals surface area contributed by atoms with E-state index in [1.165, 1.54) is 24.1 Å². The molecule has 0 aliphatic heterocycles. The van der Waals surface area contributed by atoms with Gasteiger partial charge in [0.2, 0.25) is 0 Å². The maximum absolute atomic E-state index is 12.6. The van der Waals surface area contributed by atoms with Gasteiger partial charge in [-0.25, -0.2) is 0 Å². The number of rotatable bonds is 16. The van der Waals surface area contributed by atoms with Gasteiger partial charge in [0, 0.05) is 36.1 Å². The molecule has 2 rings (SSSR count). The van der Waals surface area contributed by atoms with Crippen LogP contribution in [-0.4, -0.2) is 75.0 Å². The highest BCUT2D eigenvalue weighted by Crippen LogP contribution is 2.13. The number of ketones is 1. The molecule has 2 aromatic rings. The normalized spacial score (nSPS) is 11.9. The Morgan fingerprint density at radius 2 is 1.28 bits per heavy atom. The molecule has 5 nitrogen and oxygen atoms in total. The monoisotopic (exact) mass is 495 g/mol. The van der Waals surface area contributed by atoms with E-state index in [9.17, 15) is 9.59 Å². The molecule has 1 amide bonds. The third-order valence-corrected chi connectivity index (χ3v) is 6.98. The molecule has 0 atom stereocenters. The lowest BCUT2D eigenvalue weighted by Crippen LogP contribution is -2.41. The second-order valence-corrected chi connectivity index (χ2v) is 11.4. The Morgan fingerprint density at radius 1 is 0.694 bits per heavy atom. The first kappa shape index (κ1) is 29.7. The Labute approximate surface area is 219 Å². The smallest absolute Gasteiger partial charge is 0.251 e. The number of amides is 1. The molecule has 0 heterocycles. The number of carbonyl (C=O) groups is 2. The van der Waals surface area contributed by atoms with Crippen molar-refractivity contribution in [3.8, 4) is 0 Å². The van der Waals surface area contributed by atoms with Gasteiger partial charge >= 0.3 is 0 Å². The minimum absolute atomic E-state index is 0.0783. The van der Waals surface area contributed by atoms with Gasteiger partial charge in [0.15, 0.2) is 5.78 Å². The van der Waals surface area contributed by atoms with Crippen molar-refractivity contribution in [3.05, 3.63) is 70.8 Å². The quantitative estimate of drug-likeness (QED) is 0.190. The number of hydrogen-bond acceptors (Lipinski definition) is 2. The Bertz CT molecular complexity index is 947. The molecule has 1 N–H and O–H groups in total. The summed E-state index contributed by atoms with van der Waals surface area (Å²) in [5.41, 5.74) is 4.01. The number of Topliss-reactive ketones (excluding diaryl/α,β-unsaturated/α-hetero) is 1. The summed E-state index contributed by atoms with van der Waals surface area (Å²) in [6.45, 7) is 9.25. The molecule has 0 unspecified atom stereocenters. The molecule has 198 valence electrons. The standard InChI is InChI=1S/C31H48N3O2/c1-7-22-33(3,4)23-10-9-12-30(35)28-17-19-29(20-18-28)31(36)32-21-11-24-34(5,6)25-27-15-13-26(8-2)14-16-27/h13-20H,7-12,21-25H2,1-6H3/q+1/p+1. The van der Waals surface area contributed by atoms with Crippen molar-refractivity contribution in [2.24, 2.45) is 0 Å². The molecule has 0 bridgehead atoms. The Morgan fingerprint density at radius 3 is 1.89 bits per heavy atom. The maximum Gasteiger partial charge on any atom is 0.251 e. The largest absolute Gasteiger partial charge is 0.352 e. The summed E-state index contributed by atoms with van der Waals surface area (Å²) in [5, 5.41) is 3.03. The zero-order valence-electron chi connectivity index (χ0n) is 23.6. The number of nitrogens with zero attached hydrogens (tertiary/aromatic N) is 2. The molecular weight excluding hydrogens is 446 g/mol. The number of unbranched alkanes of at least 4 members (excludes halogenated alkanes) is 1. The van der Waals surface area contributed by atoms with E-state index in [1.54, 1.807) is 24.3 Å². The molecule has 0 aliphatic rings. The molecule has 0 radical (unpaired) electrons. The predicted molar refractivity (Wildman–Crippen MR) is 150 cm³/mol. The van der Waals surface area contributed by atoms with Gasteiger partial charge in [-0.1, -0.05) is 50.2 Å². The van der Waals surface area contributed by atoms with Gasteiger partial charge in [0.05, 0.1) is 47.8 Å². The van der Waals surface area contributed by atoms with E-state index in [2.05, 4.69) is 71.6 Å². The zero-order valence-corrected chi connectivity index (χ0v) is 23.6. The first-order valence-corrected chi connectivity index (χ1v) is 13.7. The van der Waals surface area contributed by atoms with Crippen molar-refractivity contribution in [2.75, 3.05) is 54.4 Å². The summed E-state index contributed by atoms with van der Waals surface area (Å²) in [4.78, 5) is 25.1. The SMILES string of the molecule is CCC[N+](C)(C)CCCCC(=O)c1ccc(C(=O)NCCC[N+](C)(C)Cc2ccc(CC)cc2)cc1. The highest BCUT2D eigenvalue weighted by molar-refractivity contribution is 5.98. The van der Waals surface area contributed by atoms with Crippen LogP contribution in [-0.2, 0) is 13.0 Å². The number of aryl methyl sites for hydroxylation is 1. The van der Waals surface area contributed by atoms with Crippen LogP contribution in [0.15, 0.2) is 48.5 Å². The summed E-state index contributed by atoms with van der Waals surface area (Å²) in [5.74, 6) is 0.0810. The molecule has 0 fully saturated rings. The van der Waals surface area contributed by atoms with E-state index >= 15 is 0 Å². The van der Waals surface area contributed by atoms with Gasteiger partial charge in [-0.3, -0.25) is 9.59 Å². The van der Waals surface area contributed by atoms with E-state index < -0.39 is 0 Å². The molecule has 36 heavy (non-hydrogen) atoms. The number of nitrogens with one attached hydrogen (secondary N) is 1. The lowest BCUT2D eigenvalue weighted by atomic mass is 10.0. The molecule has 2 aromatic carbocycles. The predicted octanol–water partition coefficient (Wildman–Crippen LogP) is 5.48. The molecular formula is C31H49N3O2+2. The fourth-order valence-corrected chi connectivity index (χ4v) is 4.76. The number of hydrogen-bond donors (Lipinski definition) is 1. The van der Waals surface area contributed by atoms with Crippen LogP contribution in [0.3, 0.4) is 0 Å². The minimum atomic E-state index is -0.0783. The third kappa shape index (κ3) is 10.6. The second-order valence-electron chi connectivity index (χ2n) is 11.4. The minimum Gasteiger partial charge on any atom is -0.352 e. The van der Waals surface area contributed by atoms with E-state index in [0.29, 0.717) is 24.1 Å². The van der Waals surface area contributed by atoms with Crippen LogP contribution in [0.2, 0.25) is 0 Å². The van der Waals surface area contributed by atoms with E-state index in [0.717, 1.165) is 54.3 Å². The van der Waals surface area contributed by atoms with Gasteiger partial charge in [-0.2, -0.15) is 0 Å². The third-order valence-electron chi connectivity index (χ3n) is 6.98. The van der Waals surface area contributed by atoms with E-state index in [1.807, 2.05) is 0 Å². The van der Waals surface area contributed by atoms with Crippen LogP contribution < -0.4 is 5.32 Å². The van der Waals surface area contributed by atoms with Gasteiger partial charge in [0.1, 0.15) is 6.54 Å². The Kier molecular flexibility index (Phi) is 11.8. The van der Waals surface area contributed by atoms with Gasteiger partial charge < -0.3 is 14.3 Å². The molecule has 0 aromatic heterocycles. The van der Waals surface area contributed by atoms with Crippen LogP contribution >= 0.6 is 0 Å². The van der Waals surface area contributed by atoms with Crippen molar-refractivity contribution in [1.82, 2.24) is 5.32 Å². The van der Waals surface area contributed by atoms with Crippen molar-refractivity contribution in [3.63, 3.8) is 0 Å². The Balaban J connectivity index is 1.71. The first-order valence-electron chi connectivity index (χ1n) is 13.7. The zero-order chi connectivity index (χ0) is 26.6. The van der Waals surface area contributed by atoms with Gasteiger partial charge in [0.25, 0.3) is 5.91 Å². The highest BCUT2D eigenvalue weighted by Gasteiger charge is 2.17. The average molecular weight is 496 g/mol. The lowest BCUT2D eigenvalue weighted by molar-refractivity contribution is -0.903.